The molecule has 0 atom stereocenters. The Bertz CT molecular complexity index is 629. The molecule has 0 spiro atoms. The molecule has 2 aromatic rings. The van der Waals surface area contributed by atoms with Crippen molar-refractivity contribution in [3.05, 3.63) is 40.0 Å². The summed E-state index contributed by atoms with van der Waals surface area (Å²) in [6.07, 6.45) is 3.28. The number of halogens is 1. The zero-order chi connectivity index (χ0) is 12.9. The van der Waals surface area contributed by atoms with Crippen LogP contribution in [-0.2, 0) is 12.8 Å². The van der Waals surface area contributed by atoms with Gasteiger partial charge in [-0.1, -0.05) is 37.6 Å². The maximum atomic E-state index is 6.65. The van der Waals surface area contributed by atoms with Gasteiger partial charge in [-0.3, -0.25) is 4.98 Å². The fourth-order valence-electron chi connectivity index (χ4n) is 2.93. The first-order valence-electron chi connectivity index (χ1n) is 6.54. The highest BCUT2D eigenvalue weighted by Gasteiger charge is 2.28. The van der Waals surface area contributed by atoms with Crippen LogP contribution in [-0.4, -0.2) is 4.98 Å². The largest absolute Gasteiger partial charge is 0.252 e. The first-order chi connectivity index (χ1) is 8.48. The third kappa shape index (κ3) is 1.81. The molecule has 0 bridgehead atoms. The summed E-state index contributed by atoms with van der Waals surface area (Å²) in [5, 5.41) is 2.07. The van der Waals surface area contributed by atoms with Crippen molar-refractivity contribution >= 4 is 22.5 Å². The van der Waals surface area contributed by atoms with Crippen LogP contribution in [0.3, 0.4) is 0 Å². The summed E-state index contributed by atoms with van der Waals surface area (Å²) >= 11 is 6.65. The molecule has 2 heteroatoms. The van der Waals surface area contributed by atoms with Crippen LogP contribution in [0, 0.1) is 12.3 Å². The van der Waals surface area contributed by atoms with Gasteiger partial charge >= 0.3 is 0 Å². The Kier molecular flexibility index (Phi) is 2.63. The highest BCUT2D eigenvalue weighted by atomic mass is 35.5. The van der Waals surface area contributed by atoms with Crippen LogP contribution in [0.4, 0.5) is 0 Å². The smallest absolute Gasteiger partial charge is 0.0723 e. The van der Waals surface area contributed by atoms with Crippen LogP contribution >= 0.6 is 11.6 Å². The highest BCUT2D eigenvalue weighted by molar-refractivity contribution is 6.36. The average molecular weight is 260 g/mol. The summed E-state index contributed by atoms with van der Waals surface area (Å²) in [7, 11) is 0. The number of aromatic nitrogens is 1. The Morgan fingerprint density at radius 3 is 2.83 bits per heavy atom. The molecule has 1 nitrogen and oxygen atoms in total. The molecule has 0 saturated heterocycles. The summed E-state index contributed by atoms with van der Waals surface area (Å²) in [6.45, 7) is 6.74. The van der Waals surface area contributed by atoms with E-state index in [0.717, 1.165) is 28.8 Å². The lowest BCUT2D eigenvalue weighted by molar-refractivity contribution is 0.313. The molecule has 1 aliphatic carbocycles. The lowest BCUT2D eigenvalue weighted by atomic mass is 9.75. The van der Waals surface area contributed by atoms with Crippen molar-refractivity contribution in [2.24, 2.45) is 5.41 Å². The van der Waals surface area contributed by atoms with E-state index in [1.165, 1.54) is 23.2 Å². The molecule has 0 N–H and O–H groups in total. The van der Waals surface area contributed by atoms with Crippen LogP contribution in [0.5, 0.6) is 0 Å². The van der Waals surface area contributed by atoms with Crippen molar-refractivity contribution < 1.29 is 0 Å². The Balaban J connectivity index is 2.31. The van der Waals surface area contributed by atoms with Gasteiger partial charge in [0.15, 0.2) is 0 Å². The van der Waals surface area contributed by atoms with Crippen molar-refractivity contribution in [1.82, 2.24) is 4.98 Å². The molecule has 0 fully saturated rings. The van der Waals surface area contributed by atoms with E-state index < -0.39 is 0 Å². The van der Waals surface area contributed by atoms with E-state index in [2.05, 4.69) is 39.0 Å². The van der Waals surface area contributed by atoms with Gasteiger partial charge in [0.1, 0.15) is 0 Å². The predicted octanol–water partition coefficient (Wildman–Crippen LogP) is 4.71. The van der Waals surface area contributed by atoms with Crippen molar-refractivity contribution in [3.8, 4) is 0 Å². The molecule has 0 unspecified atom stereocenters. The molecule has 18 heavy (non-hydrogen) atoms. The monoisotopic (exact) mass is 259 g/mol. The highest BCUT2D eigenvalue weighted by Crippen LogP contribution is 2.40. The number of hydrogen-bond acceptors (Lipinski definition) is 1. The molecule has 3 rings (SSSR count). The number of fused-ring (bicyclic) bond motifs is 2. The summed E-state index contributed by atoms with van der Waals surface area (Å²) in [5.74, 6) is 0. The quantitative estimate of drug-likeness (QED) is 0.668. The second-order valence-corrected chi connectivity index (χ2v) is 6.54. The third-order valence-corrected chi connectivity index (χ3v) is 4.45. The average Bonchev–Trinajstić information content (AvgIpc) is 2.30. The van der Waals surface area contributed by atoms with E-state index in [0.29, 0.717) is 5.41 Å². The van der Waals surface area contributed by atoms with Crippen LogP contribution in [0.25, 0.3) is 10.9 Å². The number of nitrogens with zero attached hydrogens (tertiary/aromatic N) is 1. The fraction of sp³-hybridized carbons (Fsp3) is 0.438. The van der Waals surface area contributed by atoms with Gasteiger partial charge in [0.2, 0.25) is 0 Å². The van der Waals surface area contributed by atoms with Crippen molar-refractivity contribution in [2.45, 2.75) is 40.0 Å². The normalized spacial score (nSPS) is 17.8. The predicted molar refractivity (Wildman–Crippen MR) is 77.3 cm³/mol. The fourth-order valence-corrected chi connectivity index (χ4v) is 3.35. The van der Waals surface area contributed by atoms with Crippen molar-refractivity contribution in [2.75, 3.05) is 0 Å². The van der Waals surface area contributed by atoms with Crippen molar-refractivity contribution in [3.63, 3.8) is 0 Å². The Morgan fingerprint density at radius 2 is 2.06 bits per heavy atom. The third-order valence-electron chi connectivity index (χ3n) is 4.03. The van der Waals surface area contributed by atoms with Gasteiger partial charge in [-0.05, 0) is 48.8 Å². The van der Waals surface area contributed by atoms with Gasteiger partial charge in [0, 0.05) is 11.1 Å². The van der Waals surface area contributed by atoms with E-state index in [4.69, 9.17) is 16.6 Å². The van der Waals surface area contributed by atoms with Gasteiger partial charge in [-0.25, -0.2) is 0 Å². The van der Waals surface area contributed by atoms with Gasteiger partial charge in [0.05, 0.1) is 10.5 Å². The zero-order valence-corrected chi connectivity index (χ0v) is 11.9. The number of rotatable bonds is 0. The van der Waals surface area contributed by atoms with Gasteiger partial charge in [-0.15, -0.1) is 0 Å². The summed E-state index contributed by atoms with van der Waals surface area (Å²) < 4.78 is 0. The topological polar surface area (TPSA) is 12.9 Å². The molecule has 1 aliphatic rings. The molecule has 1 aromatic heterocycles. The lowest BCUT2D eigenvalue weighted by Gasteiger charge is -2.31. The minimum Gasteiger partial charge on any atom is -0.252 e. The van der Waals surface area contributed by atoms with Crippen LogP contribution in [0.2, 0.25) is 5.02 Å². The molecule has 94 valence electrons. The molecular formula is C16H18ClN. The first-order valence-corrected chi connectivity index (χ1v) is 6.92. The molecule has 0 aliphatic heterocycles. The molecular weight excluding hydrogens is 242 g/mol. The number of pyridine rings is 1. The summed E-state index contributed by atoms with van der Waals surface area (Å²) in [4.78, 5) is 4.82. The second kappa shape index (κ2) is 3.96. The second-order valence-electron chi connectivity index (χ2n) is 6.16. The Morgan fingerprint density at radius 1 is 1.28 bits per heavy atom. The SMILES string of the molecule is Cc1cccc2nc3c(c(Cl)c12)CC(C)(C)CC3. The first kappa shape index (κ1) is 12.0. The molecule has 0 radical (unpaired) electrons. The minimum absolute atomic E-state index is 0.342. The maximum absolute atomic E-state index is 6.65. The van der Waals surface area contributed by atoms with E-state index in [1.54, 1.807) is 0 Å². The lowest BCUT2D eigenvalue weighted by Crippen LogP contribution is -2.23. The van der Waals surface area contributed by atoms with Gasteiger partial charge in [-0.2, -0.15) is 0 Å². The van der Waals surface area contributed by atoms with Gasteiger partial charge < -0.3 is 0 Å². The number of benzene rings is 1. The van der Waals surface area contributed by atoms with Crippen LogP contribution in [0.15, 0.2) is 18.2 Å². The minimum atomic E-state index is 0.342. The van der Waals surface area contributed by atoms with E-state index in [1.807, 2.05) is 0 Å². The molecule has 0 saturated carbocycles. The van der Waals surface area contributed by atoms with Gasteiger partial charge in [0.25, 0.3) is 0 Å². The Labute approximate surface area is 113 Å². The van der Waals surface area contributed by atoms with Crippen LogP contribution < -0.4 is 0 Å². The number of hydrogen-bond donors (Lipinski definition) is 0. The summed E-state index contributed by atoms with van der Waals surface area (Å²) in [6, 6.07) is 6.23. The van der Waals surface area contributed by atoms with E-state index in [-0.39, 0.29) is 0 Å². The van der Waals surface area contributed by atoms with Crippen LogP contribution in [0.1, 0.15) is 37.1 Å². The maximum Gasteiger partial charge on any atom is 0.0723 e. The molecule has 1 heterocycles. The number of aryl methyl sites for hydroxylation is 2. The standard InChI is InChI=1S/C16H18ClN/c1-10-5-4-6-13-14(10)15(17)11-9-16(2,3)8-7-12(11)18-13/h4-6H,7-9H2,1-3H3. The Hall–Kier alpha value is -1.08. The summed E-state index contributed by atoms with van der Waals surface area (Å²) in [5.41, 5.74) is 5.08. The zero-order valence-electron chi connectivity index (χ0n) is 11.2. The van der Waals surface area contributed by atoms with E-state index in [9.17, 15) is 0 Å². The van der Waals surface area contributed by atoms with Crippen molar-refractivity contribution in [1.29, 1.82) is 0 Å². The van der Waals surface area contributed by atoms with E-state index >= 15 is 0 Å². The molecule has 0 amide bonds. The molecule has 1 aromatic carbocycles.